The minimum absolute atomic E-state index is 0.00475. The van der Waals surface area contributed by atoms with Crippen LogP contribution in [0.1, 0.15) is 60.4 Å². The molecule has 272 valence electrons. The molecule has 0 spiro atoms. The molecule has 0 radical (unpaired) electrons. The molecular weight excluding hydrogens is 709 g/mol. The number of nitrogens with one attached hydrogen (secondary N) is 2. The molecule has 2 amide bonds. The van der Waals surface area contributed by atoms with E-state index in [4.69, 9.17) is 0 Å². The van der Waals surface area contributed by atoms with Crippen LogP contribution in [0.3, 0.4) is 0 Å². The summed E-state index contributed by atoms with van der Waals surface area (Å²) in [5.41, 5.74) is -3.25. The third kappa shape index (κ3) is 8.12. The highest BCUT2D eigenvalue weighted by Gasteiger charge is 2.35. The first-order valence-corrected chi connectivity index (χ1v) is 17.5. The highest BCUT2D eigenvalue weighted by atomic mass is 32.2. The minimum atomic E-state index is -4.89. The Balaban J connectivity index is 1.52. The highest BCUT2D eigenvalue weighted by molar-refractivity contribution is 7.90. The molecule has 0 saturated heterocycles. The number of rotatable bonds is 12. The van der Waals surface area contributed by atoms with Crippen LogP contribution >= 0.6 is 0 Å². The summed E-state index contributed by atoms with van der Waals surface area (Å²) in [6, 6.07) is 16.7. The number of carbonyl (C=O) groups is 2. The molecule has 0 aliphatic carbocycles. The number of hydrogen-bond donors (Lipinski definition) is 2. The first kappa shape index (κ1) is 37.6. The van der Waals surface area contributed by atoms with E-state index in [1.165, 1.54) is 48.5 Å². The van der Waals surface area contributed by atoms with E-state index in [0.717, 1.165) is 41.0 Å². The van der Waals surface area contributed by atoms with Crippen LogP contribution in [0.25, 0.3) is 16.8 Å². The molecule has 52 heavy (non-hydrogen) atoms. The second-order valence-electron chi connectivity index (χ2n) is 11.6. The molecule has 16 heteroatoms. The Kier molecular flexibility index (Phi) is 11.1. The van der Waals surface area contributed by atoms with Crippen molar-refractivity contribution in [2.24, 2.45) is 0 Å². The molecule has 0 aliphatic rings. The van der Waals surface area contributed by atoms with E-state index in [1.807, 2.05) is 11.6 Å². The number of aromatic nitrogens is 3. The van der Waals surface area contributed by atoms with Gasteiger partial charge >= 0.3 is 11.9 Å². The Morgan fingerprint density at radius 3 is 2.27 bits per heavy atom. The number of alkyl halides is 3. The fourth-order valence-corrected chi connectivity index (χ4v) is 6.57. The topological polar surface area (TPSA) is 132 Å². The number of benzene rings is 4. The van der Waals surface area contributed by atoms with Crippen molar-refractivity contribution in [3.8, 4) is 16.8 Å². The summed E-state index contributed by atoms with van der Waals surface area (Å²) in [6.07, 6.45) is -3.49. The number of hydrogen-bond acceptors (Lipinski definition) is 6. The van der Waals surface area contributed by atoms with Gasteiger partial charge in [-0.2, -0.15) is 17.9 Å². The number of amides is 2. The lowest BCUT2D eigenvalue weighted by atomic mass is 10.0. The fourth-order valence-electron chi connectivity index (χ4n) is 5.38. The van der Waals surface area contributed by atoms with Crippen LogP contribution in [0, 0.1) is 11.6 Å². The minimum Gasteiger partial charge on any atom is -0.326 e. The van der Waals surface area contributed by atoms with Crippen molar-refractivity contribution in [2.75, 3.05) is 5.32 Å². The molecule has 1 aromatic heterocycles. The molecule has 0 atom stereocenters. The summed E-state index contributed by atoms with van der Waals surface area (Å²) in [6.45, 7) is 2.99. The Hall–Kier alpha value is -5.64. The van der Waals surface area contributed by atoms with Crippen molar-refractivity contribution in [2.45, 2.75) is 57.1 Å². The van der Waals surface area contributed by atoms with Crippen LogP contribution in [-0.4, -0.2) is 34.6 Å². The average Bonchev–Trinajstić information content (AvgIpc) is 3.41. The third-order valence-corrected chi connectivity index (χ3v) is 9.43. The van der Waals surface area contributed by atoms with Crippen molar-refractivity contribution in [3.05, 3.63) is 130 Å². The van der Waals surface area contributed by atoms with Crippen molar-refractivity contribution in [1.82, 2.24) is 19.1 Å². The Labute approximate surface area is 295 Å². The van der Waals surface area contributed by atoms with E-state index in [-0.39, 0.29) is 41.0 Å². The first-order chi connectivity index (χ1) is 24.6. The van der Waals surface area contributed by atoms with Crippen molar-refractivity contribution in [3.63, 3.8) is 0 Å². The molecular formula is C36H32F5N5O5S. The number of carbonyl (C=O) groups excluding carboxylic acids is 2. The molecule has 0 unspecified atom stereocenters. The quantitative estimate of drug-likeness (QED) is 0.135. The van der Waals surface area contributed by atoms with Gasteiger partial charge in [-0.05, 0) is 54.4 Å². The van der Waals surface area contributed by atoms with Gasteiger partial charge in [0.1, 0.15) is 17.5 Å². The van der Waals surface area contributed by atoms with Crippen molar-refractivity contribution < 1.29 is 40.0 Å². The fraction of sp³-hybridized carbons (Fsp3) is 0.222. The summed E-state index contributed by atoms with van der Waals surface area (Å²) in [5.74, 6) is -3.38. The molecule has 5 aromatic rings. The molecule has 5 rings (SSSR count). The van der Waals surface area contributed by atoms with E-state index in [0.29, 0.717) is 17.5 Å². The van der Waals surface area contributed by atoms with Gasteiger partial charge in [-0.15, -0.1) is 5.10 Å². The van der Waals surface area contributed by atoms with Gasteiger partial charge in [-0.3, -0.25) is 14.2 Å². The van der Waals surface area contributed by atoms with Crippen molar-refractivity contribution in [1.29, 1.82) is 0 Å². The standard InChI is InChI=1S/C36H32F5N5O5S/c1-3-5-14-32-43-46(30-20-24(42-33(47)4-2)17-18-27(30)36(39,40)41)35(49)45(32)21-23-16-15-22(19-29(23)38)25-10-7-9-13-31(25)52(50,51)44-34(48)26-11-6-8-12-28(26)37/h6-13,15-20H,3-5,14,21H2,1-2H3,(H,42,47)(H,44,48). The highest BCUT2D eigenvalue weighted by Crippen LogP contribution is 2.35. The van der Waals surface area contributed by atoms with Gasteiger partial charge in [0.25, 0.3) is 15.9 Å². The summed E-state index contributed by atoms with van der Waals surface area (Å²) in [4.78, 5) is 37.9. The lowest BCUT2D eigenvalue weighted by Gasteiger charge is -2.14. The maximum atomic E-state index is 15.8. The molecule has 2 N–H and O–H groups in total. The second kappa shape index (κ2) is 15.3. The first-order valence-electron chi connectivity index (χ1n) is 16.0. The molecule has 0 saturated carbocycles. The van der Waals surface area contributed by atoms with Gasteiger partial charge in [0, 0.05) is 29.7 Å². The SMILES string of the molecule is CCCCc1nn(-c2cc(NC(=O)CC)ccc2C(F)(F)F)c(=O)n1Cc1ccc(-c2ccccc2S(=O)(=O)NC(=O)c2ccccc2F)cc1F. The summed E-state index contributed by atoms with van der Waals surface area (Å²) in [5, 5.41) is 6.69. The predicted molar refractivity (Wildman–Crippen MR) is 182 cm³/mol. The summed E-state index contributed by atoms with van der Waals surface area (Å²) in [7, 11) is -4.59. The molecule has 0 aliphatic heterocycles. The smallest absolute Gasteiger partial charge is 0.326 e. The Morgan fingerprint density at radius 2 is 1.60 bits per heavy atom. The van der Waals surface area contributed by atoms with Crippen molar-refractivity contribution >= 4 is 27.5 Å². The van der Waals surface area contributed by atoms with E-state index >= 15 is 4.39 Å². The largest absolute Gasteiger partial charge is 0.418 e. The van der Waals surface area contributed by atoms with Gasteiger partial charge in [0.2, 0.25) is 5.91 Å². The number of halogens is 5. The lowest BCUT2D eigenvalue weighted by Crippen LogP contribution is -2.31. The van der Waals surface area contributed by atoms with Gasteiger partial charge in [0.05, 0.1) is 28.3 Å². The zero-order valence-corrected chi connectivity index (χ0v) is 28.6. The number of anilines is 1. The number of nitrogens with zero attached hydrogens (tertiary/aromatic N) is 3. The predicted octanol–water partition coefficient (Wildman–Crippen LogP) is 6.86. The number of unbranched alkanes of at least 4 members (excludes halogenated alkanes) is 1. The third-order valence-electron chi connectivity index (χ3n) is 8.04. The summed E-state index contributed by atoms with van der Waals surface area (Å²) < 4.78 is 102. The van der Waals surface area contributed by atoms with Crippen LogP contribution in [-0.2, 0) is 34.0 Å². The van der Waals surface area contributed by atoms with Gasteiger partial charge in [-0.1, -0.05) is 62.7 Å². The van der Waals surface area contributed by atoms with Crippen LogP contribution in [0.15, 0.2) is 94.6 Å². The maximum Gasteiger partial charge on any atom is 0.418 e. The Bertz CT molecular complexity index is 2320. The zero-order chi connectivity index (χ0) is 37.8. The van der Waals surface area contributed by atoms with Crippen LogP contribution in [0.2, 0.25) is 0 Å². The van der Waals surface area contributed by atoms with Crippen LogP contribution < -0.4 is 15.7 Å². The van der Waals surface area contributed by atoms with E-state index in [2.05, 4.69) is 10.4 Å². The number of sulfonamides is 1. The molecule has 4 aromatic carbocycles. The molecule has 10 nitrogen and oxygen atoms in total. The number of aryl methyl sites for hydroxylation is 1. The molecule has 0 fully saturated rings. The molecule has 0 bridgehead atoms. The van der Waals surface area contributed by atoms with Gasteiger partial charge in [0.15, 0.2) is 0 Å². The van der Waals surface area contributed by atoms with E-state index in [1.54, 1.807) is 6.92 Å². The average molecular weight is 742 g/mol. The normalized spacial score (nSPS) is 11.8. The maximum absolute atomic E-state index is 15.8. The van der Waals surface area contributed by atoms with Crippen LogP contribution in [0.5, 0.6) is 0 Å². The monoisotopic (exact) mass is 741 g/mol. The summed E-state index contributed by atoms with van der Waals surface area (Å²) >= 11 is 0. The van der Waals surface area contributed by atoms with Crippen LogP contribution in [0.4, 0.5) is 27.6 Å². The Morgan fingerprint density at radius 1 is 0.885 bits per heavy atom. The van der Waals surface area contributed by atoms with E-state index in [9.17, 15) is 40.4 Å². The lowest BCUT2D eigenvalue weighted by molar-refractivity contribution is -0.137. The zero-order valence-electron chi connectivity index (χ0n) is 27.8. The van der Waals surface area contributed by atoms with E-state index < -0.39 is 73.6 Å². The van der Waals surface area contributed by atoms with Gasteiger partial charge in [-0.25, -0.2) is 26.7 Å². The molecule has 1 heterocycles. The second-order valence-corrected chi connectivity index (χ2v) is 13.3. The van der Waals surface area contributed by atoms with Gasteiger partial charge < -0.3 is 5.32 Å².